The number of aryl methyl sites for hydroxylation is 2. The Hall–Kier alpha value is -1.96. The molecule has 2 heteroatoms. The molecule has 0 spiro atoms. The summed E-state index contributed by atoms with van der Waals surface area (Å²) in [4.78, 5) is 0. The summed E-state index contributed by atoms with van der Waals surface area (Å²) in [6, 6.07) is 12.7. The first kappa shape index (κ1) is 15.4. The number of ether oxygens (including phenoxy) is 1. The van der Waals surface area contributed by atoms with E-state index in [9.17, 15) is 0 Å². The van der Waals surface area contributed by atoms with Crippen molar-refractivity contribution in [2.24, 2.45) is 0 Å². The predicted octanol–water partition coefficient (Wildman–Crippen LogP) is 5.01. The van der Waals surface area contributed by atoms with Gasteiger partial charge in [0.2, 0.25) is 0 Å². The van der Waals surface area contributed by atoms with Gasteiger partial charge < -0.3 is 10.1 Å². The van der Waals surface area contributed by atoms with Gasteiger partial charge in [-0.15, -0.1) is 0 Å². The molecule has 2 rings (SSSR count). The summed E-state index contributed by atoms with van der Waals surface area (Å²) < 4.78 is 5.72. The van der Waals surface area contributed by atoms with E-state index in [4.69, 9.17) is 4.74 Å². The van der Waals surface area contributed by atoms with Crippen LogP contribution in [0.25, 0.3) is 0 Å². The summed E-state index contributed by atoms with van der Waals surface area (Å²) in [7, 11) is 0. The fourth-order valence-corrected chi connectivity index (χ4v) is 2.37. The van der Waals surface area contributed by atoms with E-state index in [1.54, 1.807) is 0 Å². The molecule has 2 nitrogen and oxygen atoms in total. The number of rotatable bonds is 5. The Labute approximate surface area is 128 Å². The zero-order chi connectivity index (χ0) is 15.4. The SMILES string of the molecule is Cc1cc(OC(C)C)ccc1NCc1cccc(C)c1C. The Balaban J connectivity index is 2.08. The van der Waals surface area contributed by atoms with Crippen molar-refractivity contribution in [3.63, 3.8) is 0 Å². The number of anilines is 1. The molecule has 0 unspecified atom stereocenters. The summed E-state index contributed by atoms with van der Waals surface area (Å²) >= 11 is 0. The lowest BCUT2D eigenvalue weighted by Gasteiger charge is -2.15. The second-order valence-corrected chi connectivity index (χ2v) is 5.86. The molecular weight excluding hydrogens is 258 g/mol. The quantitative estimate of drug-likeness (QED) is 0.832. The molecular formula is C19H25NO. The third-order valence-corrected chi connectivity index (χ3v) is 3.76. The molecule has 0 saturated carbocycles. The van der Waals surface area contributed by atoms with E-state index < -0.39 is 0 Å². The van der Waals surface area contributed by atoms with E-state index in [1.165, 1.54) is 22.3 Å². The van der Waals surface area contributed by atoms with Gasteiger partial charge in [-0.3, -0.25) is 0 Å². The van der Waals surface area contributed by atoms with Gasteiger partial charge in [-0.2, -0.15) is 0 Å². The van der Waals surface area contributed by atoms with Gasteiger partial charge in [0.15, 0.2) is 0 Å². The van der Waals surface area contributed by atoms with Crippen LogP contribution in [0.4, 0.5) is 5.69 Å². The highest BCUT2D eigenvalue weighted by molar-refractivity contribution is 5.54. The third kappa shape index (κ3) is 4.01. The maximum absolute atomic E-state index is 5.72. The molecule has 0 aromatic heterocycles. The van der Waals surface area contributed by atoms with Crippen molar-refractivity contribution >= 4 is 5.69 Å². The number of benzene rings is 2. The lowest BCUT2D eigenvalue weighted by molar-refractivity contribution is 0.242. The molecule has 0 amide bonds. The largest absolute Gasteiger partial charge is 0.491 e. The molecule has 0 atom stereocenters. The van der Waals surface area contributed by atoms with Gasteiger partial charge in [0.05, 0.1) is 6.10 Å². The molecule has 2 aromatic rings. The standard InChI is InChI=1S/C19H25NO/c1-13(2)21-18-9-10-19(15(4)11-18)20-12-17-8-6-7-14(3)16(17)5/h6-11,13,20H,12H2,1-5H3. The number of hydrogen-bond acceptors (Lipinski definition) is 2. The molecule has 0 fully saturated rings. The molecule has 0 aliphatic heterocycles. The van der Waals surface area contributed by atoms with Crippen LogP contribution in [0.3, 0.4) is 0 Å². The van der Waals surface area contributed by atoms with Crippen molar-refractivity contribution < 1.29 is 4.74 Å². The molecule has 0 bridgehead atoms. The van der Waals surface area contributed by atoms with Crippen LogP contribution in [0.15, 0.2) is 36.4 Å². The van der Waals surface area contributed by atoms with Crippen LogP contribution in [0, 0.1) is 20.8 Å². The van der Waals surface area contributed by atoms with Gasteiger partial charge in [-0.05, 0) is 75.1 Å². The second-order valence-electron chi connectivity index (χ2n) is 5.86. The smallest absolute Gasteiger partial charge is 0.120 e. The Morgan fingerprint density at radius 3 is 2.43 bits per heavy atom. The lowest BCUT2D eigenvalue weighted by Crippen LogP contribution is -2.07. The monoisotopic (exact) mass is 283 g/mol. The van der Waals surface area contributed by atoms with Crippen molar-refractivity contribution in [2.75, 3.05) is 5.32 Å². The number of nitrogens with one attached hydrogen (secondary N) is 1. The molecule has 112 valence electrons. The van der Waals surface area contributed by atoms with Gasteiger partial charge in [0.25, 0.3) is 0 Å². The van der Waals surface area contributed by atoms with Gasteiger partial charge in [-0.1, -0.05) is 18.2 Å². The van der Waals surface area contributed by atoms with Crippen LogP contribution in [0.2, 0.25) is 0 Å². The summed E-state index contributed by atoms with van der Waals surface area (Å²) in [5.74, 6) is 0.930. The zero-order valence-corrected chi connectivity index (χ0v) is 13.7. The number of hydrogen-bond donors (Lipinski definition) is 1. The highest BCUT2D eigenvalue weighted by atomic mass is 16.5. The summed E-state index contributed by atoms with van der Waals surface area (Å²) in [5.41, 5.74) is 6.41. The molecule has 1 N–H and O–H groups in total. The van der Waals surface area contributed by atoms with E-state index >= 15 is 0 Å². The summed E-state index contributed by atoms with van der Waals surface area (Å²) in [6.45, 7) is 11.4. The first-order valence-corrected chi connectivity index (χ1v) is 7.53. The fraction of sp³-hybridized carbons (Fsp3) is 0.368. The van der Waals surface area contributed by atoms with Crippen molar-refractivity contribution in [2.45, 2.75) is 47.3 Å². The van der Waals surface area contributed by atoms with Gasteiger partial charge in [0.1, 0.15) is 5.75 Å². The van der Waals surface area contributed by atoms with Crippen LogP contribution < -0.4 is 10.1 Å². The fourth-order valence-electron chi connectivity index (χ4n) is 2.37. The maximum Gasteiger partial charge on any atom is 0.120 e. The summed E-state index contributed by atoms with van der Waals surface area (Å²) in [6.07, 6.45) is 0.207. The normalized spacial score (nSPS) is 10.8. The predicted molar refractivity (Wildman–Crippen MR) is 90.2 cm³/mol. The van der Waals surface area contributed by atoms with Crippen molar-refractivity contribution in [3.8, 4) is 5.75 Å². The minimum absolute atomic E-state index is 0.207. The van der Waals surface area contributed by atoms with E-state index in [0.29, 0.717) is 0 Å². The molecule has 0 aliphatic rings. The van der Waals surface area contributed by atoms with Crippen molar-refractivity contribution in [1.82, 2.24) is 0 Å². The lowest BCUT2D eigenvalue weighted by atomic mass is 10.0. The molecule has 2 aromatic carbocycles. The van der Waals surface area contributed by atoms with Crippen LogP contribution in [0.5, 0.6) is 5.75 Å². The average Bonchev–Trinajstić information content (AvgIpc) is 2.41. The van der Waals surface area contributed by atoms with Crippen LogP contribution in [-0.4, -0.2) is 6.10 Å². The van der Waals surface area contributed by atoms with Gasteiger partial charge >= 0.3 is 0 Å². The molecule has 0 radical (unpaired) electrons. The average molecular weight is 283 g/mol. The van der Waals surface area contributed by atoms with Gasteiger partial charge in [0, 0.05) is 12.2 Å². The Morgan fingerprint density at radius 1 is 1.00 bits per heavy atom. The van der Waals surface area contributed by atoms with E-state index in [1.807, 2.05) is 19.9 Å². The second kappa shape index (κ2) is 6.66. The Bertz CT molecular complexity index is 617. The first-order chi connectivity index (χ1) is 9.97. The van der Waals surface area contributed by atoms with E-state index in [0.717, 1.165) is 18.0 Å². The summed E-state index contributed by atoms with van der Waals surface area (Å²) in [5, 5.41) is 3.52. The topological polar surface area (TPSA) is 21.3 Å². The van der Waals surface area contributed by atoms with Crippen LogP contribution >= 0.6 is 0 Å². The Morgan fingerprint density at radius 2 is 1.76 bits per heavy atom. The molecule has 0 heterocycles. The first-order valence-electron chi connectivity index (χ1n) is 7.53. The Kier molecular flexibility index (Phi) is 4.89. The highest BCUT2D eigenvalue weighted by Crippen LogP contribution is 2.23. The maximum atomic E-state index is 5.72. The van der Waals surface area contributed by atoms with Crippen molar-refractivity contribution in [1.29, 1.82) is 0 Å². The molecule has 0 saturated heterocycles. The molecule has 0 aliphatic carbocycles. The minimum Gasteiger partial charge on any atom is -0.491 e. The van der Waals surface area contributed by atoms with Crippen LogP contribution in [0.1, 0.15) is 36.1 Å². The highest BCUT2D eigenvalue weighted by Gasteiger charge is 2.04. The van der Waals surface area contributed by atoms with Crippen molar-refractivity contribution in [3.05, 3.63) is 58.7 Å². The third-order valence-electron chi connectivity index (χ3n) is 3.76. The minimum atomic E-state index is 0.207. The van der Waals surface area contributed by atoms with E-state index in [-0.39, 0.29) is 6.10 Å². The van der Waals surface area contributed by atoms with Crippen LogP contribution in [-0.2, 0) is 6.54 Å². The van der Waals surface area contributed by atoms with Gasteiger partial charge in [-0.25, -0.2) is 0 Å². The molecule has 21 heavy (non-hydrogen) atoms. The zero-order valence-electron chi connectivity index (χ0n) is 13.7. The van der Waals surface area contributed by atoms with E-state index in [2.05, 4.69) is 56.4 Å².